The van der Waals surface area contributed by atoms with Gasteiger partial charge in [-0.2, -0.15) is 4.98 Å². The number of aromatic nitrogens is 2. The lowest BCUT2D eigenvalue weighted by molar-refractivity contribution is 0.181. The zero-order valence-electron chi connectivity index (χ0n) is 9.63. The molecule has 16 heavy (non-hydrogen) atoms. The lowest BCUT2D eigenvalue weighted by Gasteiger charge is -2.19. The maximum absolute atomic E-state index is 6.03. The molecule has 0 aliphatic carbocycles. The third-order valence-electron chi connectivity index (χ3n) is 2.19. The topological polar surface area (TPSA) is 38.2 Å². The fourth-order valence-corrected chi connectivity index (χ4v) is 1.81. The van der Waals surface area contributed by atoms with Crippen LogP contribution in [-0.4, -0.2) is 30.2 Å². The van der Waals surface area contributed by atoms with Crippen molar-refractivity contribution in [3.63, 3.8) is 0 Å². The van der Waals surface area contributed by atoms with Gasteiger partial charge < -0.3 is 9.64 Å². The van der Waals surface area contributed by atoms with E-state index in [0.717, 1.165) is 18.8 Å². The first-order valence-electron chi connectivity index (χ1n) is 5.09. The SMILES string of the molecule is CCN(CC)c1nc(Cl)c(Br)c(COC)n1. The number of hydrogen-bond donors (Lipinski definition) is 0. The van der Waals surface area contributed by atoms with E-state index in [1.807, 2.05) is 4.90 Å². The van der Waals surface area contributed by atoms with Crippen molar-refractivity contribution in [2.75, 3.05) is 25.1 Å². The van der Waals surface area contributed by atoms with E-state index >= 15 is 0 Å². The molecule has 1 heterocycles. The summed E-state index contributed by atoms with van der Waals surface area (Å²) in [6.07, 6.45) is 0. The van der Waals surface area contributed by atoms with Crippen LogP contribution >= 0.6 is 27.5 Å². The molecular weight excluding hydrogens is 293 g/mol. The third-order valence-corrected chi connectivity index (χ3v) is 3.53. The summed E-state index contributed by atoms with van der Waals surface area (Å²) in [5.74, 6) is 0.644. The van der Waals surface area contributed by atoms with E-state index in [2.05, 4.69) is 39.7 Å². The Labute approximate surface area is 109 Å². The molecule has 0 unspecified atom stereocenters. The van der Waals surface area contributed by atoms with Gasteiger partial charge in [-0.25, -0.2) is 4.98 Å². The summed E-state index contributed by atoms with van der Waals surface area (Å²) >= 11 is 9.39. The highest BCUT2D eigenvalue weighted by molar-refractivity contribution is 9.10. The fraction of sp³-hybridized carbons (Fsp3) is 0.600. The largest absolute Gasteiger partial charge is 0.378 e. The van der Waals surface area contributed by atoms with Gasteiger partial charge in [0.15, 0.2) is 0 Å². The molecule has 0 bridgehead atoms. The number of ether oxygens (including phenoxy) is 1. The monoisotopic (exact) mass is 307 g/mol. The average Bonchev–Trinajstić information content (AvgIpc) is 2.27. The summed E-state index contributed by atoms with van der Waals surface area (Å²) in [6, 6.07) is 0. The minimum Gasteiger partial charge on any atom is -0.378 e. The van der Waals surface area contributed by atoms with Crippen molar-refractivity contribution in [3.8, 4) is 0 Å². The molecule has 6 heteroatoms. The van der Waals surface area contributed by atoms with Gasteiger partial charge in [-0.1, -0.05) is 11.6 Å². The van der Waals surface area contributed by atoms with Gasteiger partial charge in [-0.15, -0.1) is 0 Å². The first-order chi connectivity index (χ1) is 7.63. The van der Waals surface area contributed by atoms with Crippen molar-refractivity contribution < 1.29 is 4.74 Å². The third kappa shape index (κ3) is 3.06. The summed E-state index contributed by atoms with van der Waals surface area (Å²) in [4.78, 5) is 10.7. The predicted molar refractivity (Wildman–Crippen MR) is 69.0 cm³/mol. The van der Waals surface area contributed by atoms with Crippen LogP contribution in [0.1, 0.15) is 19.5 Å². The van der Waals surface area contributed by atoms with Crippen LogP contribution in [0.4, 0.5) is 5.95 Å². The zero-order chi connectivity index (χ0) is 12.1. The second-order valence-electron chi connectivity index (χ2n) is 3.18. The molecule has 0 N–H and O–H groups in total. The first kappa shape index (κ1) is 13.7. The summed E-state index contributed by atoms with van der Waals surface area (Å²) < 4.78 is 5.77. The Balaban J connectivity index is 3.12. The molecular formula is C10H15BrClN3O. The van der Waals surface area contributed by atoms with Crippen LogP contribution < -0.4 is 4.90 Å². The van der Waals surface area contributed by atoms with Gasteiger partial charge in [0.25, 0.3) is 0 Å². The maximum Gasteiger partial charge on any atom is 0.227 e. The second-order valence-corrected chi connectivity index (χ2v) is 4.33. The lowest BCUT2D eigenvalue weighted by atomic mass is 10.4. The Morgan fingerprint density at radius 3 is 2.44 bits per heavy atom. The highest BCUT2D eigenvalue weighted by Crippen LogP contribution is 2.26. The van der Waals surface area contributed by atoms with Crippen LogP contribution in [0, 0.1) is 0 Å². The summed E-state index contributed by atoms with van der Waals surface area (Å²) in [5.41, 5.74) is 0.768. The minimum atomic E-state index is 0.414. The molecule has 4 nitrogen and oxygen atoms in total. The van der Waals surface area contributed by atoms with Gasteiger partial charge in [0.2, 0.25) is 5.95 Å². The Morgan fingerprint density at radius 1 is 1.31 bits per heavy atom. The Kier molecular flexibility index (Phi) is 5.44. The highest BCUT2D eigenvalue weighted by atomic mass is 79.9. The van der Waals surface area contributed by atoms with E-state index in [1.54, 1.807) is 7.11 Å². The summed E-state index contributed by atoms with van der Waals surface area (Å²) in [6.45, 7) is 6.22. The van der Waals surface area contributed by atoms with Crippen LogP contribution in [0.25, 0.3) is 0 Å². The Morgan fingerprint density at radius 2 is 1.94 bits per heavy atom. The number of hydrogen-bond acceptors (Lipinski definition) is 4. The van der Waals surface area contributed by atoms with Gasteiger partial charge in [0.1, 0.15) is 5.15 Å². The lowest BCUT2D eigenvalue weighted by Crippen LogP contribution is -2.24. The van der Waals surface area contributed by atoms with Gasteiger partial charge >= 0.3 is 0 Å². The van der Waals surface area contributed by atoms with Crippen molar-refractivity contribution in [3.05, 3.63) is 15.3 Å². The number of halogens is 2. The van der Waals surface area contributed by atoms with E-state index in [9.17, 15) is 0 Å². The fourth-order valence-electron chi connectivity index (χ4n) is 1.33. The maximum atomic E-state index is 6.03. The molecule has 0 radical (unpaired) electrons. The van der Waals surface area contributed by atoms with Crippen LogP contribution in [0.15, 0.2) is 4.47 Å². The second kappa shape index (κ2) is 6.37. The van der Waals surface area contributed by atoms with Crippen LogP contribution in [0.2, 0.25) is 5.15 Å². The quantitative estimate of drug-likeness (QED) is 0.784. The molecule has 1 aromatic heterocycles. The summed E-state index contributed by atoms with van der Waals surface area (Å²) in [5, 5.41) is 0.420. The number of anilines is 1. The number of nitrogens with zero attached hydrogens (tertiary/aromatic N) is 3. The highest BCUT2D eigenvalue weighted by Gasteiger charge is 2.13. The van der Waals surface area contributed by atoms with Gasteiger partial charge in [-0.05, 0) is 29.8 Å². The van der Waals surface area contributed by atoms with E-state index in [1.165, 1.54) is 0 Å². The standard InChI is InChI=1S/C10H15BrClN3O/c1-4-15(5-2)10-13-7(6-16-3)8(11)9(12)14-10/h4-6H2,1-3H3. The van der Waals surface area contributed by atoms with Crippen LogP contribution in [0.3, 0.4) is 0 Å². The van der Waals surface area contributed by atoms with Crippen molar-refractivity contribution in [2.24, 2.45) is 0 Å². The normalized spacial score (nSPS) is 10.6. The van der Waals surface area contributed by atoms with E-state index in [4.69, 9.17) is 16.3 Å². The van der Waals surface area contributed by atoms with Crippen molar-refractivity contribution in [1.29, 1.82) is 0 Å². The predicted octanol–water partition coefficient (Wildman–Crippen LogP) is 2.89. The van der Waals surface area contributed by atoms with E-state index in [-0.39, 0.29) is 0 Å². The molecule has 0 amide bonds. The van der Waals surface area contributed by atoms with E-state index in [0.29, 0.717) is 22.2 Å². The van der Waals surface area contributed by atoms with Crippen molar-refractivity contribution >= 4 is 33.5 Å². The molecule has 0 saturated heterocycles. The van der Waals surface area contributed by atoms with Crippen molar-refractivity contribution in [2.45, 2.75) is 20.5 Å². The average molecular weight is 309 g/mol. The van der Waals surface area contributed by atoms with E-state index < -0.39 is 0 Å². The molecule has 1 aromatic rings. The molecule has 0 aliphatic heterocycles. The van der Waals surface area contributed by atoms with Crippen molar-refractivity contribution in [1.82, 2.24) is 9.97 Å². The Hall–Kier alpha value is -0.390. The van der Waals surface area contributed by atoms with Gasteiger partial charge in [0, 0.05) is 20.2 Å². The molecule has 0 atom stereocenters. The molecule has 0 saturated carbocycles. The molecule has 0 aliphatic rings. The molecule has 1 rings (SSSR count). The van der Waals surface area contributed by atoms with Crippen LogP contribution in [-0.2, 0) is 11.3 Å². The van der Waals surface area contributed by atoms with Crippen LogP contribution in [0.5, 0.6) is 0 Å². The smallest absolute Gasteiger partial charge is 0.227 e. The zero-order valence-corrected chi connectivity index (χ0v) is 12.0. The molecule has 0 fully saturated rings. The number of rotatable bonds is 5. The molecule has 0 spiro atoms. The minimum absolute atomic E-state index is 0.414. The molecule has 90 valence electrons. The van der Waals surface area contributed by atoms with Gasteiger partial charge in [-0.3, -0.25) is 0 Å². The molecule has 0 aromatic carbocycles. The Bertz CT molecular complexity index is 358. The first-order valence-corrected chi connectivity index (χ1v) is 6.26. The summed E-state index contributed by atoms with van der Waals surface area (Å²) in [7, 11) is 1.62. The van der Waals surface area contributed by atoms with Gasteiger partial charge in [0.05, 0.1) is 16.8 Å². The number of methoxy groups -OCH3 is 1.